The van der Waals surface area contributed by atoms with Crippen LogP contribution in [0.15, 0.2) is 0 Å². The second-order valence-electron chi connectivity index (χ2n) is 6.95. The Morgan fingerprint density at radius 3 is 1.53 bits per heavy atom. The first-order valence-corrected chi connectivity index (χ1v) is 17.4. The summed E-state index contributed by atoms with van der Waals surface area (Å²) in [6.07, 6.45) is 0.385. The molecule has 5 nitrogen and oxygen atoms in total. The first kappa shape index (κ1) is 19.5. The third-order valence-electron chi connectivity index (χ3n) is 2.08. The minimum Gasteiger partial charge on any atom is -0.437 e. The Morgan fingerprint density at radius 1 is 0.895 bits per heavy atom. The van der Waals surface area contributed by atoms with E-state index in [0.717, 1.165) is 0 Å². The molecule has 0 fully saturated rings. The van der Waals surface area contributed by atoms with Crippen molar-refractivity contribution >= 4 is 35.3 Å². The molecule has 0 spiro atoms. The smallest absolute Gasteiger partial charge is 0.314 e. The van der Waals surface area contributed by atoms with Crippen LogP contribution in [0.1, 0.15) is 6.42 Å². The Morgan fingerprint density at radius 2 is 1.26 bits per heavy atom. The van der Waals surface area contributed by atoms with Crippen LogP contribution < -0.4 is 0 Å². The summed E-state index contributed by atoms with van der Waals surface area (Å²) in [7, 11) is -9.75. The quantitative estimate of drug-likeness (QED) is 0.541. The molecule has 1 N–H and O–H groups in total. The average Bonchev–Trinajstić information content (AvgIpc) is 1.90. The van der Waals surface area contributed by atoms with Gasteiger partial charge in [0.25, 0.3) is 10.1 Å². The number of rotatable bonds is 8. The zero-order valence-corrected chi connectivity index (χ0v) is 16.9. The van der Waals surface area contributed by atoms with Gasteiger partial charge >= 0.3 is 8.56 Å². The lowest BCUT2D eigenvalue weighted by atomic mass is 10.6. The molecular formula is C10H28O5SSi3. The largest absolute Gasteiger partial charge is 0.437 e. The second kappa shape index (κ2) is 6.50. The van der Waals surface area contributed by atoms with Gasteiger partial charge in [-0.2, -0.15) is 8.42 Å². The van der Waals surface area contributed by atoms with Gasteiger partial charge in [0.05, 0.1) is 5.75 Å². The van der Waals surface area contributed by atoms with Crippen molar-refractivity contribution in [1.29, 1.82) is 0 Å². The zero-order valence-electron chi connectivity index (χ0n) is 13.1. The van der Waals surface area contributed by atoms with Crippen LogP contribution in [0, 0.1) is 0 Å². The maximum atomic E-state index is 10.8. The Bertz CT molecular complexity index is 367. The van der Waals surface area contributed by atoms with Gasteiger partial charge in [-0.3, -0.25) is 4.55 Å². The van der Waals surface area contributed by atoms with Crippen molar-refractivity contribution < 1.29 is 21.2 Å². The van der Waals surface area contributed by atoms with Crippen LogP contribution in [0.3, 0.4) is 0 Å². The van der Waals surface area contributed by atoms with Gasteiger partial charge in [0.1, 0.15) is 0 Å². The van der Waals surface area contributed by atoms with E-state index < -0.39 is 35.3 Å². The molecule has 0 aliphatic heterocycles. The van der Waals surface area contributed by atoms with Crippen LogP contribution in [-0.2, 0) is 18.3 Å². The molecule has 0 radical (unpaired) electrons. The maximum absolute atomic E-state index is 10.8. The first-order valence-electron chi connectivity index (χ1n) is 6.47. The molecule has 0 aromatic carbocycles. The summed E-state index contributed by atoms with van der Waals surface area (Å²) < 4.78 is 42.9. The highest BCUT2D eigenvalue weighted by Gasteiger charge is 2.39. The van der Waals surface area contributed by atoms with E-state index >= 15 is 0 Å². The molecule has 0 amide bonds. The molecule has 0 unspecified atom stereocenters. The highest BCUT2D eigenvalue weighted by molar-refractivity contribution is 7.85. The third kappa shape index (κ3) is 12.0. The fourth-order valence-corrected chi connectivity index (χ4v) is 15.3. The van der Waals surface area contributed by atoms with E-state index in [2.05, 4.69) is 39.3 Å². The normalized spacial score (nSPS) is 14.7. The van der Waals surface area contributed by atoms with Crippen molar-refractivity contribution in [2.24, 2.45) is 0 Å². The number of hydrogen-bond acceptors (Lipinski definition) is 4. The van der Waals surface area contributed by atoms with Crippen molar-refractivity contribution in [2.45, 2.75) is 58.3 Å². The third-order valence-corrected chi connectivity index (χ3v) is 12.5. The van der Waals surface area contributed by atoms with Crippen LogP contribution in [0.4, 0.5) is 0 Å². The minimum absolute atomic E-state index is 0.223. The van der Waals surface area contributed by atoms with Gasteiger partial charge in [0.15, 0.2) is 16.6 Å². The molecule has 0 saturated carbocycles. The molecule has 0 saturated heterocycles. The molecule has 116 valence electrons. The lowest BCUT2D eigenvalue weighted by Gasteiger charge is -2.38. The minimum atomic E-state index is -3.90. The summed E-state index contributed by atoms with van der Waals surface area (Å²) in [4.78, 5) is 0. The Labute approximate surface area is 121 Å². The molecule has 0 aliphatic carbocycles. The SMILES string of the molecule is C[Si](C)(C)O[Si](C)(CCCS(=O)(=O)O)O[Si](C)(C)C. The summed E-state index contributed by atoms with van der Waals surface area (Å²) in [5, 5.41) is 0. The second-order valence-corrected chi connectivity index (χ2v) is 21.4. The predicted octanol–water partition coefficient (Wildman–Crippen LogP) is 3.04. The maximum Gasteiger partial charge on any atom is 0.314 e. The highest BCUT2D eigenvalue weighted by atomic mass is 32.2. The monoisotopic (exact) mass is 344 g/mol. The van der Waals surface area contributed by atoms with Crippen molar-refractivity contribution in [1.82, 2.24) is 0 Å². The highest BCUT2D eigenvalue weighted by Crippen LogP contribution is 2.25. The van der Waals surface area contributed by atoms with Crippen molar-refractivity contribution in [2.75, 3.05) is 5.75 Å². The standard InChI is InChI=1S/C10H28O5SSi3/c1-17(2,3)14-19(7,15-18(4,5)6)10-8-9-16(11,12)13/h8-10H2,1-7H3,(H,11,12,13). The van der Waals surface area contributed by atoms with E-state index in [-0.39, 0.29) is 5.75 Å². The van der Waals surface area contributed by atoms with Gasteiger partial charge in [-0.25, -0.2) is 0 Å². The van der Waals surface area contributed by atoms with Crippen molar-refractivity contribution in [3.05, 3.63) is 0 Å². The zero-order chi connectivity index (χ0) is 15.5. The molecular weight excluding hydrogens is 316 g/mol. The molecule has 0 bridgehead atoms. The van der Waals surface area contributed by atoms with Crippen LogP contribution in [-0.4, -0.2) is 43.9 Å². The van der Waals surface area contributed by atoms with E-state index in [4.69, 9.17) is 12.8 Å². The van der Waals surface area contributed by atoms with E-state index in [1.165, 1.54) is 0 Å². The van der Waals surface area contributed by atoms with Crippen molar-refractivity contribution in [3.63, 3.8) is 0 Å². The molecule has 0 aromatic heterocycles. The molecule has 0 rings (SSSR count). The summed E-state index contributed by atoms with van der Waals surface area (Å²) in [6.45, 7) is 14.6. The summed E-state index contributed by atoms with van der Waals surface area (Å²) in [5.41, 5.74) is 0. The van der Waals surface area contributed by atoms with Crippen LogP contribution in [0.25, 0.3) is 0 Å². The molecule has 9 heteroatoms. The fourth-order valence-electron chi connectivity index (χ4n) is 1.99. The Balaban J connectivity index is 4.77. The van der Waals surface area contributed by atoms with Crippen LogP contribution >= 0.6 is 0 Å². The van der Waals surface area contributed by atoms with Gasteiger partial charge in [-0.05, 0) is 58.3 Å². The van der Waals surface area contributed by atoms with Crippen molar-refractivity contribution in [3.8, 4) is 0 Å². The average molecular weight is 345 g/mol. The molecule has 0 atom stereocenters. The first-order chi connectivity index (χ1) is 8.12. The Hall–Kier alpha value is 0.481. The summed E-state index contributed by atoms with van der Waals surface area (Å²) in [5.74, 6) is -0.223. The predicted molar refractivity (Wildman–Crippen MR) is 86.3 cm³/mol. The lowest BCUT2D eigenvalue weighted by Crippen LogP contribution is -2.52. The fraction of sp³-hybridized carbons (Fsp3) is 1.00. The topological polar surface area (TPSA) is 72.8 Å². The summed E-state index contributed by atoms with van der Waals surface area (Å²) in [6, 6.07) is 0.599. The van der Waals surface area contributed by atoms with E-state index in [1.807, 2.05) is 6.55 Å². The lowest BCUT2D eigenvalue weighted by molar-refractivity contribution is 0.382. The molecule has 19 heavy (non-hydrogen) atoms. The van der Waals surface area contributed by atoms with Gasteiger partial charge in [0.2, 0.25) is 0 Å². The van der Waals surface area contributed by atoms with E-state index in [1.54, 1.807) is 0 Å². The Kier molecular flexibility index (Phi) is 6.66. The van der Waals surface area contributed by atoms with E-state index in [9.17, 15) is 8.42 Å². The van der Waals surface area contributed by atoms with Gasteiger partial charge < -0.3 is 8.23 Å². The summed E-state index contributed by atoms with van der Waals surface area (Å²) >= 11 is 0. The molecule has 0 aromatic rings. The van der Waals surface area contributed by atoms with Gasteiger partial charge in [-0.1, -0.05) is 0 Å². The van der Waals surface area contributed by atoms with Crippen LogP contribution in [0.5, 0.6) is 0 Å². The van der Waals surface area contributed by atoms with Crippen LogP contribution in [0.2, 0.25) is 51.9 Å². The molecule has 0 aliphatic rings. The number of hydrogen-bond donors (Lipinski definition) is 1. The van der Waals surface area contributed by atoms with E-state index in [0.29, 0.717) is 12.5 Å². The van der Waals surface area contributed by atoms with Gasteiger partial charge in [-0.15, -0.1) is 0 Å². The van der Waals surface area contributed by atoms with Gasteiger partial charge in [0, 0.05) is 0 Å². The molecule has 0 heterocycles.